The van der Waals surface area contributed by atoms with E-state index in [1.807, 2.05) is 0 Å². The van der Waals surface area contributed by atoms with Crippen molar-refractivity contribution in [3.8, 4) is 0 Å². The third-order valence-electron chi connectivity index (χ3n) is 4.16. The molecular formula is C17H24BrF4N3OS. The Kier molecular flexibility index (Phi) is 8.01. The first-order valence-electron chi connectivity index (χ1n) is 8.04. The van der Waals surface area contributed by atoms with Gasteiger partial charge >= 0.3 is 6.18 Å². The summed E-state index contributed by atoms with van der Waals surface area (Å²) < 4.78 is 66.5. The lowest BCUT2D eigenvalue weighted by Crippen LogP contribution is -2.45. The molecule has 2 N–H and O–H groups in total. The summed E-state index contributed by atoms with van der Waals surface area (Å²) >= 11 is 3.27. The van der Waals surface area contributed by atoms with E-state index < -0.39 is 46.1 Å². The first-order valence-corrected chi connectivity index (χ1v) is 10.0. The molecule has 0 fully saturated rings. The summed E-state index contributed by atoms with van der Waals surface area (Å²) in [5.41, 5.74) is -2.34. The van der Waals surface area contributed by atoms with E-state index in [0.29, 0.717) is 10.0 Å². The van der Waals surface area contributed by atoms with Gasteiger partial charge in [-0.3, -0.25) is 9.53 Å². The number of nitrogens with zero attached hydrogens (tertiary/aromatic N) is 2. The molecule has 2 unspecified atom stereocenters. The van der Waals surface area contributed by atoms with E-state index in [-0.39, 0.29) is 6.42 Å². The molecule has 10 heteroatoms. The Morgan fingerprint density at radius 2 is 1.89 bits per heavy atom. The highest BCUT2D eigenvalue weighted by Gasteiger charge is 2.47. The van der Waals surface area contributed by atoms with Crippen molar-refractivity contribution >= 4 is 32.6 Å². The molecule has 1 aromatic carbocycles. The molecule has 0 heterocycles. The van der Waals surface area contributed by atoms with Crippen LogP contribution in [0.1, 0.15) is 32.3 Å². The molecule has 0 aliphatic carbocycles. The summed E-state index contributed by atoms with van der Waals surface area (Å²) in [6.45, 7) is 2.00. The van der Waals surface area contributed by atoms with Crippen LogP contribution in [0.2, 0.25) is 0 Å². The predicted octanol–water partition coefficient (Wildman–Crippen LogP) is 4.32. The van der Waals surface area contributed by atoms with Crippen LogP contribution >= 0.6 is 15.9 Å². The lowest BCUT2D eigenvalue weighted by Gasteiger charge is -2.38. The van der Waals surface area contributed by atoms with Gasteiger partial charge in [0.2, 0.25) is 0 Å². The van der Waals surface area contributed by atoms with Gasteiger partial charge in [-0.05, 0) is 38.0 Å². The molecule has 154 valence electrons. The standard InChI is InChI=1S/C17H24BrF4N3OS/c1-15(2,27(23)26)10-16(11-19,12-6-5-7-13(18)8-12)9-14(17(20,21)22)24-25(3)4/h5-8H,9-11,23H2,1-4H3/b24-14-. The number of halogens is 5. The molecule has 1 aromatic rings. The number of hydrazone groups is 1. The molecule has 2 atom stereocenters. The fourth-order valence-electron chi connectivity index (χ4n) is 2.90. The molecule has 27 heavy (non-hydrogen) atoms. The summed E-state index contributed by atoms with van der Waals surface area (Å²) in [4.78, 5) is 0. The Bertz CT molecular complexity index is 710. The lowest BCUT2D eigenvalue weighted by atomic mass is 9.71. The van der Waals surface area contributed by atoms with Gasteiger partial charge in [-0.15, -0.1) is 0 Å². The first kappa shape index (κ1) is 24.0. The summed E-state index contributed by atoms with van der Waals surface area (Å²) in [6.07, 6.45) is -5.59. The summed E-state index contributed by atoms with van der Waals surface area (Å²) in [5.74, 6) is 0. The molecule has 0 aromatic heterocycles. The molecule has 1 rings (SSSR count). The second-order valence-electron chi connectivity index (χ2n) is 7.23. The Balaban J connectivity index is 3.59. The van der Waals surface area contributed by atoms with Gasteiger partial charge in [0, 0.05) is 30.4 Å². The number of benzene rings is 1. The van der Waals surface area contributed by atoms with Gasteiger partial charge in [-0.2, -0.15) is 18.3 Å². The van der Waals surface area contributed by atoms with Crippen LogP contribution in [0.5, 0.6) is 0 Å². The van der Waals surface area contributed by atoms with Crippen molar-refractivity contribution < 1.29 is 21.8 Å². The van der Waals surface area contributed by atoms with Crippen LogP contribution in [0.4, 0.5) is 17.6 Å². The summed E-state index contributed by atoms with van der Waals surface area (Å²) in [7, 11) is 0.864. The van der Waals surface area contributed by atoms with Crippen LogP contribution in [0.25, 0.3) is 0 Å². The van der Waals surface area contributed by atoms with E-state index in [1.54, 1.807) is 38.1 Å². The van der Waals surface area contributed by atoms with Crippen LogP contribution in [0, 0.1) is 0 Å². The average molecular weight is 474 g/mol. The van der Waals surface area contributed by atoms with Crippen molar-refractivity contribution in [2.45, 2.75) is 43.0 Å². The van der Waals surface area contributed by atoms with E-state index in [1.165, 1.54) is 14.1 Å². The van der Waals surface area contributed by atoms with Gasteiger partial charge < -0.3 is 5.01 Å². The Labute approximate surface area is 167 Å². The maximum Gasteiger partial charge on any atom is 0.431 e. The van der Waals surface area contributed by atoms with Gasteiger partial charge in [0.15, 0.2) is 0 Å². The van der Waals surface area contributed by atoms with E-state index >= 15 is 0 Å². The van der Waals surface area contributed by atoms with Crippen LogP contribution in [-0.4, -0.2) is 46.6 Å². The minimum absolute atomic E-state index is 0.154. The molecular weight excluding hydrogens is 450 g/mol. The highest BCUT2D eigenvalue weighted by Crippen LogP contribution is 2.41. The van der Waals surface area contributed by atoms with Crippen molar-refractivity contribution in [3.05, 3.63) is 34.3 Å². The summed E-state index contributed by atoms with van der Waals surface area (Å²) in [5, 5.41) is 10.1. The molecule has 0 amide bonds. The van der Waals surface area contributed by atoms with Gasteiger partial charge in [-0.25, -0.2) is 4.21 Å². The number of nitrogens with two attached hydrogens (primary N) is 1. The predicted molar refractivity (Wildman–Crippen MR) is 105 cm³/mol. The fraction of sp³-hybridized carbons (Fsp3) is 0.588. The second kappa shape index (κ2) is 9.00. The van der Waals surface area contributed by atoms with Crippen LogP contribution in [0.15, 0.2) is 33.8 Å². The van der Waals surface area contributed by atoms with Crippen molar-refractivity contribution in [1.29, 1.82) is 0 Å². The molecule has 0 bridgehead atoms. The molecule has 0 spiro atoms. The van der Waals surface area contributed by atoms with Crippen molar-refractivity contribution in [2.24, 2.45) is 10.2 Å². The van der Waals surface area contributed by atoms with E-state index in [2.05, 4.69) is 21.0 Å². The monoisotopic (exact) mass is 473 g/mol. The van der Waals surface area contributed by atoms with E-state index in [4.69, 9.17) is 5.14 Å². The third-order valence-corrected chi connectivity index (χ3v) is 5.88. The molecule has 0 radical (unpaired) electrons. The maximum absolute atomic E-state index is 14.4. The maximum atomic E-state index is 14.4. The molecule has 4 nitrogen and oxygen atoms in total. The van der Waals surface area contributed by atoms with Crippen molar-refractivity contribution in [2.75, 3.05) is 20.8 Å². The topological polar surface area (TPSA) is 58.7 Å². The number of rotatable bonds is 8. The first-order chi connectivity index (χ1) is 12.2. The largest absolute Gasteiger partial charge is 0.431 e. The minimum Gasteiger partial charge on any atom is -0.303 e. The highest BCUT2D eigenvalue weighted by molar-refractivity contribution is 9.10. The van der Waals surface area contributed by atoms with Crippen LogP contribution in [0.3, 0.4) is 0 Å². The smallest absolute Gasteiger partial charge is 0.303 e. The molecule has 0 saturated carbocycles. The Morgan fingerprint density at radius 3 is 2.30 bits per heavy atom. The van der Waals surface area contributed by atoms with E-state index in [0.717, 1.165) is 5.01 Å². The van der Waals surface area contributed by atoms with Crippen molar-refractivity contribution in [3.63, 3.8) is 0 Å². The van der Waals surface area contributed by atoms with Gasteiger partial charge in [0.05, 0.1) is 22.4 Å². The number of hydrogen-bond donors (Lipinski definition) is 1. The number of alkyl halides is 4. The number of hydrogen-bond acceptors (Lipinski definition) is 3. The Morgan fingerprint density at radius 1 is 1.30 bits per heavy atom. The van der Waals surface area contributed by atoms with Crippen LogP contribution in [-0.2, 0) is 16.4 Å². The zero-order chi connectivity index (χ0) is 21.0. The minimum atomic E-state index is -4.73. The zero-order valence-corrected chi connectivity index (χ0v) is 18.0. The van der Waals surface area contributed by atoms with Gasteiger partial charge in [0.25, 0.3) is 0 Å². The third kappa shape index (κ3) is 6.53. The quantitative estimate of drug-likeness (QED) is 0.347. The van der Waals surface area contributed by atoms with Gasteiger partial charge in [-0.1, -0.05) is 28.1 Å². The molecule has 0 aliphatic heterocycles. The SMILES string of the molecule is CN(C)/N=C(/CC(CF)(CC(C)(C)S(N)=O)c1cccc(Br)c1)C(F)(F)F. The van der Waals surface area contributed by atoms with Crippen LogP contribution < -0.4 is 5.14 Å². The Hall–Kier alpha value is -1.00. The van der Waals surface area contributed by atoms with Gasteiger partial charge in [0.1, 0.15) is 5.71 Å². The highest BCUT2D eigenvalue weighted by atomic mass is 79.9. The van der Waals surface area contributed by atoms with E-state index in [9.17, 15) is 21.8 Å². The fourth-order valence-corrected chi connectivity index (χ4v) is 3.71. The zero-order valence-electron chi connectivity index (χ0n) is 15.6. The second-order valence-corrected chi connectivity index (χ2v) is 9.84. The summed E-state index contributed by atoms with van der Waals surface area (Å²) in [6, 6.07) is 6.44. The normalized spacial score (nSPS) is 16.7. The lowest BCUT2D eigenvalue weighted by molar-refractivity contribution is -0.0630. The molecule has 0 aliphatic rings. The van der Waals surface area contributed by atoms with Crippen molar-refractivity contribution in [1.82, 2.24) is 5.01 Å². The average Bonchev–Trinajstić information content (AvgIpc) is 2.51. The molecule has 0 saturated heterocycles.